The molecule has 2 fully saturated rings. The molecule has 0 saturated carbocycles. The number of hydrogen-bond donors (Lipinski definition) is 0. The molecule has 3 unspecified atom stereocenters. The Hall–Kier alpha value is -1.66. The summed E-state index contributed by atoms with van der Waals surface area (Å²) in [5.41, 5.74) is 0. The molecule has 4 aliphatic rings. The molecule has 2 aromatic rings. The summed E-state index contributed by atoms with van der Waals surface area (Å²) in [5, 5.41) is 0. The van der Waals surface area contributed by atoms with E-state index in [1.807, 2.05) is 48.5 Å². The van der Waals surface area contributed by atoms with E-state index in [0.717, 1.165) is 0 Å². The SMILES string of the molecule is c1ccc2c(c1)OP(OC1COC3C1OC[C@H]3OP1Oc3ccccc3O1)O2. The summed E-state index contributed by atoms with van der Waals surface area (Å²) in [6.45, 7) is 0.772. The minimum Gasteiger partial charge on any atom is -0.414 e. The van der Waals surface area contributed by atoms with Gasteiger partial charge in [-0.05, 0) is 24.3 Å². The molecule has 8 nitrogen and oxygen atoms in total. The maximum Gasteiger partial charge on any atom is 0.463 e. The van der Waals surface area contributed by atoms with E-state index in [1.54, 1.807) is 0 Å². The highest BCUT2D eigenvalue weighted by atomic mass is 31.2. The third-order valence-electron chi connectivity index (χ3n) is 4.80. The van der Waals surface area contributed by atoms with Crippen molar-refractivity contribution in [3.63, 3.8) is 0 Å². The van der Waals surface area contributed by atoms with Gasteiger partial charge in [-0.3, -0.25) is 9.05 Å². The van der Waals surface area contributed by atoms with Crippen molar-refractivity contribution in [1.29, 1.82) is 0 Å². The molecule has 2 saturated heterocycles. The molecule has 0 bridgehead atoms. The summed E-state index contributed by atoms with van der Waals surface area (Å²) < 4.78 is 46.7. The van der Waals surface area contributed by atoms with Gasteiger partial charge < -0.3 is 27.6 Å². The van der Waals surface area contributed by atoms with E-state index < -0.39 is 17.2 Å². The Labute approximate surface area is 163 Å². The zero-order valence-corrected chi connectivity index (χ0v) is 16.3. The van der Waals surface area contributed by atoms with Crippen molar-refractivity contribution in [2.45, 2.75) is 24.4 Å². The molecule has 6 rings (SSSR count). The Bertz CT molecular complexity index is 761. The summed E-state index contributed by atoms with van der Waals surface area (Å²) in [5.74, 6) is 2.76. The first-order valence-electron chi connectivity index (χ1n) is 8.90. The average molecular weight is 422 g/mol. The topological polar surface area (TPSA) is 73.8 Å². The van der Waals surface area contributed by atoms with Crippen molar-refractivity contribution >= 4 is 17.2 Å². The van der Waals surface area contributed by atoms with Crippen LogP contribution in [-0.4, -0.2) is 37.6 Å². The molecule has 0 amide bonds. The lowest BCUT2D eigenvalue weighted by atomic mass is 10.1. The molecule has 28 heavy (non-hydrogen) atoms. The first-order valence-corrected chi connectivity index (χ1v) is 11.1. The monoisotopic (exact) mass is 422 g/mol. The Morgan fingerprint density at radius 3 is 1.32 bits per heavy atom. The van der Waals surface area contributed by atoms with E-state index in [1.165, 1.54) is 0 Å². The number of ether oxygens (including phenoxy) is 2. The highest BCUT2D eigenvalue weighted by Crippen LogP contribution is 2.56. The maximum atomic E-state index is 6.00. The summed E-state index contributed by atoms with van der Waals surface area (Å²) in [6.07, 6.45) is -1.06. The zero-order valence-electron chi connectivity index (χ0n) is 14.5. The van der Waals surface area contributed by atoms with Gasteiger partial charge in [0.2, 0.25) is 0 Å². The molecule has 146 valence electrons. The zero-order chi connectivity index (χ0) is 18.5. The van der Waals surface area contributed by atoms with Gasteiger partial charge in [0.1, 0.15) is 24.4 Å². The third-order valence-corrected chi connectivity index (χ3v) is 7.06. The van der Waals surface area contributed by atoms with Crippen LogP contribution in [0.25, 0.3) is 0 Å². The first-order chi connectivity index (χ1) is 13.8. The van der Waals surface area contributed by atoms with Crippen molar-refractivity contribution < 1.29 is 36.6 Å². The summed E-state index contributed by atoms with van der Waals surface area (Å²) in [7, 11) is -3.02. The predicted molar refractivity (Wildman–Crippen MR) is 98.5 cm³/mol. The molecular weight excluding hydrogens is 406 g/mol. The van der Waals surface area contributed by atoms with Crippen molar-refractivity contribution in [2.24, 2.45) is 0 Å². The van der Waals surface area contributed by atoms with Crippen molar-refractivity contribution in [3.8, 4) is 23.0 Å². The molecule has 0 aliphatic carbocycles. The smallest absolute Gasteiger partial charge is 0.414 e. The van der Waals surface area contributed by atoms with Crippen molar-refractivity contribution in [1.82, 2.24) is 0 Å². The van der Waals surface area contributed by atoms with E-state index in [0.29, 0.717) is 36.2 Å². The van der Waals surface area contributed by atoms with E-state index in [9.17, 15) is 0 Å². The fourth-order valence-corrected chi connectivity index (χ4v) is 5.77. The second-order valence-electron chi connectivity index (χ2n) is 6.59. The van der Waals surface area contributed by atoms with Crippen molar-refractivity contribution in [2.75, 3.05) is 13.2 Å². The molecule has 0 aromatic heterocycles. The van der Waals surface area contributed by atoms with Crippen LogP contribution in [0.3, 0.4) is 0 Å². The second-order valence-corrected chi connectivity index (χ2v) is 8.64. The van der Waals surface area contributed by atoms with Crippen LogP contribution >= 0.6 is 17.2 Å². The van der Waals surface area contributed by atoms with Gasteiger partial charge in [0.15, 0.2) is 23.0 Å². The standard InChI is InChI=1S/C18H16O8P2/c1-2-6-12-11(5-1)21-27(22-12)25-15-9-19-18-16(10-20-17(15)18)26-28-23-13-7-3-4-8-14(13)24-28/h1-8,15-18H,9-10H2/t15-,16?,17?,18?/m1/s1. The normalized spacial score (nSPS) is 30.7. The Morgan fingerprint density at radius 1 is 0.607 bits per heavy atom. The molecule has 0 spiro atoms. The van der Waals surface area contributed by atoms with Crippen LogP contribution in [0.15, 0.2) is 48.5 Å². The van der Waals surface area contributed by atoms with Gasteiger partial charge in [-0.25, -0.2) is 0 Å². The van der Waals surface area contributed by atoms with Gasteiger partial charge in [-0.2, -0.15) is 0 Å². The lowest BCUT2D eigenvalue weighted by Crippen LogP contribution is -2.33. The molecular formula is C18H16O8P2. The number of benzene rings is 2. The average Bonchev–Trinajstić information content (AvgIpc) is 3.46. The highest BCUT2D eigenvalue weighted by molar-refractivity contribution is 7.43. The van der Waals surface area contributed by atoms with Gasteiger partial charge in [0, 0.05) is 0 Å². The van der Waals surface area contributed by atoms with Gasteiger partial charge in [-0.15, -0.1) is 0 Å². The van der Waals surface area contributed by atoms with E-state index >= 15 is 0 Å². The number of para-hydroxylation sites is 4. The minimum absolute atomic E-state index is 0.247. The van der Waals surface area contributed by atoms with Crippen LogP contribution < -0.4 is 18.1 Å². The van der Waals surface area contributed by atoms with Crippen LogP contribution in [0.2, 0.25) is 0 Å². The van der Waals surface area contributed by atoms with Crippen molar-refractivity contribution in [3.05, 3.63) is 48.5 Å². The molecule has 0 radical (unpaired) electrons. The van der Waals surface area contributed by atoms with E-state index in [4.69, 9.17) is 36.6 Å². The summed E-state index contributed by atoms with van der Waals surface area (Å²) in [4.78, 5) is 0. The second kappa shape index (κ2) is 6.99. The number of fused-ring (bicyclic) bond motifs is 3. The molecule has 10 heteroatoms. The van der Waals surface area contributed by atoms with Crippen LogP contribution in [0.4, 0.5) is 0 Å². The molecule has 2 aromatic carbocycles. The molecule has 4 atom stereocenters. The summed E-state index contributed by atoms with van der Waals surface area (Å²) >= 11 is 0. The molecule has 0 N–H and O–H groups in total. The van der Waals surface area contributed by atoms with E-state index in [2.05, 4.69) is 0 Å². The van der Waals surface area contributed by atoms with Gasteiger partial charge in [0.05, 0.1) is 13.2 Å². The third kappa shape index (κ3) is 3.01. The highest BCUT2D eigenvalue weighted by Gasteiger charge is 2.52. The van der Waals surface area contributed by atoms with E-state index in [-0.39, 0.29) is 24.4 Å². The lowest BCUT2D eigenvalue weighted by molar-refractivity contribution is 0.0152. The van der Waals surface area contributed by atoms with Gasteiger partial charge in [-0.1, -0.05) is 24.3 Å². The van der Waals surface area contributed by atoms with Gasteiger partial charge >= 0.3 is 17.2 Å². The summed E-state index contributed by atoms with van der Waals surface area (Å²) in [6, 6.07) is 15.0. The minimum atomic E-state index is -1.51. The molecule has 4 aliphatic heterocycles. The van der Waals surface area contributed by atoms with Crippen LogP contribution in [0, 0.1) is 0 Å². The largest absolute Gasteiger partial charge is 0.463 e. The quantitative estimate of drug-likeness (QED) is 0.686. The van der Waals surface area contributed by atoms with Gasteiger partial charge in [0.25, 0.3) is 0 Å². The van der Waals surface area contributed by atoms with Crippen LogP contribution in [-0.2, 0) is 18.5 Å². The van der Waals surface area contributed by atoms with Crippen LogP contribution in [0.1, 0.15) is 0 Å². The lowest BCUT2D eigenvalue weighted by Gasteiger charge is -2.18. The van der Waals surface area contributed by atoms with Crippen LogP contribution in [0.5, 0.6) is 23.0 Å². The fourth-order valence-electron chi connectivity index (χ4n) is 3.48. The Balaban J connectivity index is 1.06. The fraction of sp³-hybridized carbons (Fsp3) is 0.333. The Kier molecular flexibility index (Phi) is 4.30. The number of rotatable bonds is 4. The first kappa shape index (κ1) is 17.2. The Morgan fingerprint density at radius 2 is 0.964 bits per heavy atom. The maximum absolute atomic E-state index is 6.00. The predicted octanol–water partition coefficient (Wildman–Crippen LogP) is 3.95. The molecule has 4 heterocycles. The number of hydrogen-bond acceptors (Lipinski definition) is 8.